The molecule has 0 amide bonds. The normalized spacial score (nSPS) is 15.2. The van der Waals surface area contributed by atoms with Gasteiger partial charge in [-0.15, -0.1) is 0 Å². The van der Waals surface area contributed by atoms with Crippen LogP contribution in [0, 0.1) is 13.8 Å². The zero-order valence-electron chi connectivity index (χ0n) is 59.8. The molecule has 1 aromatic heterocycles. The first-order chi connectivity index (χ1) is 44.8. The lowest BCUT2D eigenvalue weighted by atomic mass is 9.66. The van der Waals surface area contributed by atoms with Crippen molar-refractivity contribution in [2.24, 2.45) is 0 Å². The summed E-state index contributed by atoms with van der Waals surface area (Å²) in [6.07, 6.45) is 0. The maximum absolute atomic E-state index is 2.67. The van der Waals surface area contributed by atoms with E-state index in [1.807, 2.05) is 0 Å². The summed E-state index contributed by atoms with van der Waals surface area (Å²) < 4.78 is 2.52. The average molecular weight is 1240 g/mol. The van der Waals surface area contributed by atoms with E-state index in [2.05, 4.69) is 376 Å². The third kappa shape index (κ3) is 10.6. The Bertz CT molecular complexity index is 4970. The van der Waals surface area contributed by atoms with Crippen LogP contribution in [-0.4, -0.2) is 4.57 Å². The van der Waals surface area contributed by atoms with Gasteiger partial charge in [-0.25, -0.2) is 0 Å². The van der Waals surface area contributed by atoms with Gasteiger partial charge in [0.25, 0.3) is 0 Å². The second-order valence-electron chi connectivity index (χ2n) is 33.3. The molecular weight excluding hydrogens is 1150 g/mol. The molecule has 14 rings (SSSR count). The first-order valence-electron chi connectivity index (χ1n) is 34.6. The highest BCUT2D eigenvalue weighted by Gasteiger charge is 2.52. The molecule has 0 fully saturated rings. The van der Waals surface area contributed by atoms with E-state index in [0.29, 0.717) is 0 Å². The van der Waals surface area contributed by atoms with Crippen LogP contribution < -0.4 is 9.80 Å². The molecule has 0 bridgehead atoms. The molecule has 0 radical (unpaired) electrons. The smallest absolute Gasteiger partial charge is 0.0715 e. The van der Waals surface area contributed by atoms with Crippen molar-refractivity contribution in [2.45, 2.75) is 169 Å². The summed E-state index contributed by atoms with van der Waals surface area (Å²) in [7, 11) is 0. The lowest BCUT2D eigenvalue weighted by Crippen LogP contribution is -2.30. The van der Waals surface area contributed by atoms with Crippen LogP contribution in [0.15, 0.2) is 231 Å². The van der Waals surface area contributed by atoms with Crippen LogP contribution in [0.25, 0.3) is 49.7 Å². The molecule has 11 aromatic carbocycles. The van der Waals surface area contributed by atoms with Crippen molar-refractivity contribution in [3.8, 4) is 27.9 Å². The number of hydrogen-bond donors (Lipinski definition) is 0. The molecule has 1 heterocycles. The van der Waals surface area contributed by atoms with Crippen LogP contribution >= 0.6 is 0 Å². The van der Waals surface area contributed by atoms with Gasteiger partial charge >= 0.3 is 0 Å². The van der Waals surface area contributed by atoms with Gasteiger partial charge in [-0.2, -0.15) is 0 Å². The van der Waals surface area contributed by atoms with Crippen LogP contribution in [0.1, 0.15) is 190 Å². The second kappa shape index (κ2) is 22.2. The molecule has 12 aromatic rings. The fourth-order valence-corrected chi connectivity index (χ4v) is 15.8. The fourth-order valence-electron chi connectivity index (χ4n) is 15.8. The monoisotopic (exact) mass is 1240 g/mol. The summed E-state index contributed by atoms with van der Waals surface area (Å²) in [5.74, 6) is 0. The zero-order valence-corrected chi connectivity index (χ0v) is 59.8. The molecule has 95 heavy (non-hydrogen) atoms. The molecule has 1 unspecified atom stereocenters. The number of aryl methyl sites for hydroxylation is 2. The van der Waals surface area contributed by atoms with Crippen molar-refractivity contribution in [1.82, 2.24) is 4.57 Å². The summed E-state index contributed by atoms with van der Waals surface area (Å²) in [4.78, 5) is 5.10. The van der Waals surface area contributed by atoms with Gasteiger partial charge in [0, 0.05) is 50.3 Å². The van der Waals surface area contributed by atoms with E-state index in [-0.39, 0.29) is 27.1 Å². The Kier molecular flexibility index (Phi) is 14.8. The molecular formula is C92H95N3. The van der Waals surface area contributed by atoms with Crippen LogP contribution in [0.4, 0.5) is 34.1 Å². The highest BCUT2D eigenvalue weighted by Crippen LogP contribution is 2.66. The first kappa shape index (κ1) is 63.2. The van der Waals surface area contributed by atoms with Crippen LogP contribution in [0.2, 0.25) is 0 Å². The summed E-state index contributed by atoms with van der Waals surface area (Å²) in [5.41, 5.74) is 30.6. The largest absolute Gasteiger partial charge is 0.310 e. The van der Waals surface area contributed by atoms with Crippen molar-refractivity contribution in [1.29, 1.82) is 0 Å². The van der Waals surface area contributed by atoms with Gasteiger partial charge in [0.1, 0.15) is 0 Å². The van der Waals surface area contributed by atoms with Crippen molar-refractivity contribution >= 4 is 55.9 Å². The van der Waals surface area contributed by atoms with Gasteiger partial charge in [-0.3, -0.25) is 0 Å². The van der Waals surface area contributed by atoms with E-state index < -0.39 is 10.8 Å². The zero-order chi connectivity index (χ0) is 67.3. The molecule has 0 aliphatic heterocycles. The van der Waals surface area contributed by atoms with Gasteiger partial charge in [0.2, 0.25) is 0 Å². The lowest BCUT2D eigenvalue weighted by molar-refractivity contribution is 0.589. The van der Waals surface area contributed by atoms with Crippen molar-refractivity contribution < 1.29 is 0 Å². The number of aromatic nitrogens is 1. The van der Waals surface area contributed by atoms with Gasteiger partial charge in [-0.1, -0.05) is 245 Å². The minimum Gasteiger partial charge on any atom is -0.310 e. The van der Waals surface area contributed by atoms with Gasteiger partial charge in [0.15, 0.2) is 0 Å². The number of fused-ring (bicyclic) bond motifs is 10. The van der Waals surface area contributed by atoms with E-state index in [4.69, 9.17) is 0 Å². The minimum absolute atomic E-state index is 0.0100. The number of hydrogen-bond acceptors (Lipinski definition) is 2. The molecule has 0 spiro atoms. The molecule has 2 aliphatic rings. The molecule has 0 saturated carbocycles. The second-order valence-corrected chi connectivity index (χ2v) is 33.3. The molecule has 0 saturated heterocycles. The number of benzene rings is 11. The third-order valence-electron chi connectivity index (χ3n) is 21.1. The quantitative estimate of drug-likeness (QED) is 0.143. The lowest BCUT2D eigenvalue weighted by Gasteiger charge is -2.38. The van der Waals surface area contributed by atoms with Crippen LogP contribution in [0.3, 0.4) is 0 Å². The molecule has 478 valence electrons. The van der Waals surface area contributed by atoms with E-state index in [9.17, 15) is 0 Å². The molecule has 0 N–H and O–H groups in total. The molecule has 1 atom stereocenters. The van der Waals surface area contributed by atoms with Crippen molar-refractivity contribution in [3.05, 3.63) is 303 Å². The van der Waals surface area contributed by atoms with Gasteiger partial charge < -0.3 is 14.4 Å². The van der Waals surface area contributed by atoms with Gasteiger partial charge in [0.05, 0.1) is 22.1 Å². The Morgan fingerprint density at radius 3 is 1.28 bits per heavy atom. The topological polar surface area (TPSA) is 11.4 Å². The summed E-state index contributed by atoms with van der Waals surface area (Å²) in [6, 6.07) is 90.5. The summed E-state index contributed by atoms with van der Waals surface area (Å²) >= 11 is 0. The Balaban J connectivity index is 1.18. The van der Waals surface area contributed by atoms with Gasteiger partial charge in [-0.05, 0) is 239 Å². The third-order valence-corrected chi connectivity index (χ3v) is 21.1. The molecule has 3 nitrogen and oxygen atoms in total. The molecule has 3 heteroatoms. The Morgan fingerprint density at radius 1 is 0.316 bits per heavy atom. The predicted molar refractivity (Wildman–Crippen MR) is 408 cm³/mol. The van der Waals surface area contributed by atoms with Crippen molar-refractivity contribution in [2.75, 3.05) is 9.80 Å². The average Bonchev–Trinajstić information content (AvgIpc) is 1.51. The summed E-state index contributed by atoms with van der Waals surface area (Å²) in [5, 5.41) is 2.48. The Hall–Kier alpha value is -9.18. The van der Waals surface area contributed by atoms with Crippen LogP contribution in [0.5, 0.6) is 0 Å². The number of rotatable bonds is 9. The Morgan fingerprint density at radius 2 is 0.747 bits per heavy atom. The highest BCUT2D eigenvalue weighted by atomic mass is 15.2. The fraction of sp³-hybridized carbons (Fsp3) is 0.283. The Labute approximate surface area is 567 Å². The van der Waals surface area contributed by atoms with Crippen LogP contribution in [-0.2, 0) is 37.9 Å². The predicted octanol–water partition coefficient (Wildman–Crippen LogP) is 25.5. The van der Waals surface area contributed by atoms with E-state index >= 15 is 0 Å². The van der Waals surface area contributed by atoms with E-state index in [0.717, 1.165) is 34.1 Å². The van der Waals surface area contributed by atoms with E-state index in [1.165, 1.54) is 122 Å². The maximum atomic E-state index is 2.67. The summed E-state index contributed by atoms with van der Waals surface area (Å²) in [6.45, 7) is 44.2. The SMILES string of the molecule is Cc1cccc(N(c2ccc(C(C)(C)C)cc2)c2ccc3c(c2)C(c2ccc(C(C)(C)C)cc2)(c2ccc4c(c2)c2cc(C(C)(C)C)ccc2n4-c2ccc(C(C)(C)C)cc2)c2cc(N(c4ccc(C(C)(C)C)cc4)c4cccc(C)c4)c4c(c2-3)-c2ccccc2C4(C)C)c1. The van der Waals surface area contributed by atoms with Crippen molar-refractivity contribution in [3.63, 3.8) is 0 Å². The molecule has 2 aliphatic carbocycles. The first-order valence-corrected chi connectivity index (χ1v) is 34.6. The highest BCUT2D eigenvalue weighted by molar-refractivity contribution is 6.11. The van der Waals surface area contributed by atoms with E-state index in [1.54, 1.807) is 0 Å². The number of nitrogens with zero attached hydrogens (tertiary/aromatic N) is 3. The number of anilines is 6. The minimum atomic E-state index is -0.899. The standard InChI is InChI=1S/C92H95N3/c1-58-24-22-26-70(52-58)93(67-42-34-61(35-43-67)87(6,7)8)72-48-49-74-78(56-72)92(64-32-30-60(31-33-64)86(3,4)5,66-41-51-81-76(55-66)75-54-65(90(15,16)17)40-50-80(75)95(81)69-46-38-63(39-47-69)89(12,13)14)79-57-82(85-84(83(74)79)73-28-20-21-29-77(73)91(85,18)19)94(71-27-23-25-59(2)53-71)68-44-36-62(37-45-68)88(9,10)11/h20-57H,1-19H3. The maximum Gasteiger partial charge on any atom is 0.0715 e.